The maximum atomic E-state index is 4.12. The zero-order valence-electron chi connectivity index (χ0n) is 3.22. The van der Waals surface area contributed by atoms with Crippen molar-refractivity contribution in [2.24, 2.45) is 0 Å². The van der Waals surface area contributed by atoms with Crippen LogP contribution in [0.15, 0.2) is 0 Å². The normalized spacial score (nSPS) is 3.60. The monoisotopic (exact) mass is 174 g/mol. The van der Waals surface area contributed by atoms with E-state index >= 15 is 0 Å². The van der Waals surface area contributed by atoms with Crippen LogP contribution in [0.3, 0.4) is 0 Å². The first-order chi connectivity index (χ1) is 1.41. The molecular weight excluding hydrogens is 174 g/mol. The summed E-state index contributed by atoms with van der Waals surface area (Å²) in [5.74, 6) is 0. The van der Waals surface area contributed by atoms with Crippen molar-refractivity contribution in [1.29, 1.82) is 0 Å². The van der Waals surface area contributed by atoms with Crippen molar-refractivity contribution >= 4 is 33.1 Å². The summed E-state index contributed by atoms with van der Waals surface area (Å²) in [5.41, 5.74) is 0. The second kappa shape index (κ2) is 15.8. The molecule has 5 heteroatoms. The van der Waals surface area contributed by atoms with Gasteiger partial charge in [0.05, 0.1) is 0 Å². The van der Waals surface area contributed by atoms with Gasteiger partial charge in [-0.2, -0.15) is 0 Å². The summed E-state index contributed by atoms with van der Waals surface area (Å²) in [6, 6.07) is 0. The zero-order chi connectivity index (χ0) is 2.71. The van der Waals surface area contributed by atoms with E-state index in [4.69, 9.17) is 0 Å². The topological polar surface area (TPSA) is 0 Å². The molecular formula is K2S3. The molecule has 0 saturated carbocycles. The predicted octanol–water partition coefficient (Wildman–Crippen LogP) is -5.35. The molecule has 0 aliphatic carbocycles. The molecule has 0 heterocycles. The van der Waals surface area contributed by atoms with E-state index in [-0.39, 0.29) is 103 Å². The van der Waals surface area contributed by atoms with Crippen molar-refractivity contribution in [1.82, 2.24) is 0 Å². The molecule has 0 spiro atoms. The molecule has 0 aliphatic rings. The smallest absolute Gasteiger partial charge is 0.747 e. The van der Waals surface area contributed by atoms with E-state index in [0.717, 1.165) is 9.83 Å². The average Bonchev–Trinajstić information content (AvgIpc) is 0.918. The fraction of sp³-hybridized carbons (Fsp3) is 0. The van der Waals surface area contributed by atoms with Crippen molar-refractivity contribution in [2.75, 3.05) is 0 Å². The average molecular weight is 174 g/mol. The molecule has 0 nitrogen and oxygen atoms in total. The van der Waals surface area contributed by atoms with Crippen LogP contribution in [-0.2, 0) is 23.3 Å². The second-order valence-corrected chi connectivity index (χ2v) is 1.84. The third kappa shape index (κ3) is 17.8. The Morgan fingerprint density at radius 2 is 1.00 bits per heavy atom. The van der Waals surface area contributed by atoms with Gasteiger partial charge < -0.3 is 33.1 Å². The van der Waals surface area contributed by atoms with Gasteiger partial charge in [-0.3, -0.25) is 0 Å². The molecule has 0 aliphatic heterocycles. The molecule has 0 aromatic carbocycles. The van der Waals surface area contributed by atoms with E-state index in [1.165, 1.54) is 0 Å². The van der Waals surface area contributed by atoms with Gasteiger partial charge >= 0.3 is 103 Å². The van der Waals surface area contributed by atoms with E-state index in [9.17, 15) is 0 Å². The van der Waals surface area contributed by atoms with Gasteiger partial charge in [-0.15, -0.1) is 0 Å². The third-order valence-electron chi connectivity index (χ3n) is 0. The summed E-state index contributed by atoms with van der Waals surface area (Å²) in [6.07, 6.45) is 0. The Morgan fingerprint density at radius 1 is 1.00 bits per heavy atom. The van der Waals surface area contributed by atoms with E-state index in [2.05, 4.69) is 23.3 Å². The predicted molar refractivity (Wildman–Crippen MR) is 22.3 cm³/mol. The Morgan fingerprint density at radius 3 is 1.00 bits per heavy atom. The van der Waals surface area contributed by atoms with Gasteiger partial charge in [0.15, 0.2) is 0 Å². The van der Waals surface area contributed by atoms with Gasteiger partial charge in [-0.25, -0.2) is 0 Å². The molecule has 0 amide bonds. The third-order valence-corrected chi connectivity index (χ3v) is 0. The van der Waals surface area contributed by atoms with Crippen LogP contribution < -0.4 is 103 Å². The van der Waals surface area contributed by atoms with Crippen molar-refractivity contribution < 1.29 is 103 Å². The van der Waals surface area contributed by atoms with Crippen LogP contribution in [0.5, 0.6) is 0 Å². The molecule has 0 rings (SSSR count). The van der Waals surface area contributed by atoms with Gasteiger partial charge in [-0.1, -0.05) is 0 Å². The first-order valence-electron chi connectivity index (χ1n) is 0.333. The van der Waals surface area contributed by atoms with Crippen LogP contribution >= 0.6 is 9.83 Å². The van der Waals surface area contributed by atoms with Crippen LogP contribution in [0, 0.1) is 0 Å². The van der Waals surface area contributed by atoms with E-state index in [1.54, 1.807) is 0 Å². The summed E-state index contributed by atoms with van der Waals surface area (Å²) in [7, 11) is 0.917. The van der Waals surface area contributed by atoms with Crippen LogP contribution in [0.2, 0.25) is 0 Å². The molecule has 0 bridgehead atoms. The SMILES string of the molecule is [K+].[K+].[S-]S[S-]. The quantitative estimate of drug-likeness (QED) is 0.205. The standard InChI is InChI=1S/2K.H2S3/c;;1-3-2/h;;1-2H/q2*+1;/p-2. The molecule has 5 heavy (non-hydrogen) atoms. The van der Waals surface area contributed by atoms with Crippen molar-refractivity contribution in [3.63, 3.8) is 0 Å². The van der Waals surface area contributed by atoms with Gasteiger partial charge in [-0.05, 0) is 0 Å². The summed E-state index contributed by atoms with van der Waals surface area (Å²) in [4.78, 5) is 0. The van der Waals surface area contributed by atoms with Gasteiger partial charge in [0.1, 0.15) is 0 Å². The maximum Gasteiger partial charge on any atom is 1.00 e. The van der Waals surface area contributed by atoms with E-state index in [0.29, 0.717) is 0 Å². The Kier molecular flexibility index (Phi) is 50.9. The Hall–Kier alpha value is 4.32. The fourth-order valence-electron chi connectivity index (χ4n) is 0. The van der Waals surface area contributed by atoms with Crippen molar-refractivity contribution in [3.8, 4) is 0 Å². The van der Waals surface area contributed by atoms with Crippen LogP contribution in [0.1, 0.15) is 0 Å². The first-order valence-corrected chi connectivity index (χ1v) is 3.00. The van der Waals surface area contributed by atoms with Crippen LogP contribution in [-0.4, -0.2) is 0 Å². The molecule has 0 fully saturated rings. The molecule has 0 radical (unpaired) electrons. The number of hydrogen-bond acceptors (Lipinski definition) is 3. The fourth-order valence-corrected chi connectivity index (χ4v) is 0. The minimum atomic E-state index is 0. The maximum absolute atomic E-state index is 4.12. The second-order valence-electron chi connectivity index (χ2n) is 0.0680. The molecule has 0 aromatic heterocycles. The first kappa shape index (κ1) is 16.2. The van der Waals surface area contributed by atoms with E-state index in [1.807, 2.05) is 0 Å². The Labute approximate surface area is 131 Å². The molecule has 0 atom stereocenters. The molecule has 0 unspecified atom stereocenters. The minimum absolute atomic E-state index is 0. The van der Waals surface area contributed by atoms with Crippen LogP contribution in [0.25, 0.3) is 0 Å². The van der Waals surface area contributed by atoms with Crippen LogP contribution in [0.4, 0.5) is 0 Å². The van der Waals surface area contributed by atoms with Gasteiger partial charge in [0.2, 0.25) is 0 Å². The summed E-state index contributed by atoms with van der Waals surface area (Å²) in [5, 5.41) is 0. The Bertz CT molecular complexity index is 4.85. The number of hydrogen-bond donors (Lipinski definition) is 0. The number of rotatable bonds is 0. The van der Waals surface area contributed by atoms with Crippen molar-refractivity contribution in [3.05, 3.63) is 0 Å². The molecule has 0 N–H and O–H groups in total. The summed E-state index contributed by atoms with van der Waals surface area (Å²) >= 11 is 8.25. The molecule has 0 saturated heterocycles. The zero-order valence-corrected chi connectivity index (χ0v) is 11.9. The minimum Gasteiger partial charge on any atom is -0.747 e. The van der Waals surface area contributed by atoms with Gasteiger partial charge in [0.25, 0.3) is 0 Å². The molecule has 20 valence electrons. The van der Waals surface area contributed by atoms with Gasteiger partial charge in [0, 0.05) is 0 Å². The molecule has 0 aromatic rings. The largest absolute Gasteiger partial charge is 1.00 e. The summed E-state index contributed by atoms with van der Waals surface area (Å²) in [6.45, 7) is 0. The summed E-state index contributed by atoms with van der Waals surface area (Å²) < 4.78 is 0. The van der Waals surface area contributed by atoms with Crippen molar-refractivity contribution in [2.45, 2.75) is 0 Å². The Balaban J connectivity index is -0.0000000200. The van der Waals surface area contributed by atoms with E-state index < -0.39 is 0 Å².